The van der Waals surface area contributed by atoms with Crippen molar-refractivity contribution in [2.24, 2.45) is 5.92 Å². The lowest BCUT2D eigenvalue weighted by atomic mass is 9.85. The number of anilines is 1. The van der Waals surface area contributed by atoms with Crippen LogP contribution in [0.5, 0.6) is 0 Å². The first-order valence-corrected chi connectivity index (χ1v) is 6.73. The summed E-state index contributed by atoms with van der Waals surface area (Å²) < 4.78 is 26.2. The Morgan fingerprint density at radius 2 is 2.05 bits per heavy atom. The van der Waals surface area contributed by atoms with Crippen molar-refractivity contribution in [3.8, 4) is 0 Å². The number of aliphatic hydroxyl groups excluding tert-OH is 1. The van der Waals surface area contributed by atoms with Crippen molar-refractivity contribution >= 4 is 11.7 Å². The minimum Gasteiger partial charge on any atom is -0.396 e. The topological polar surface area (TPSA) is 61.4 Å². The lowest BCUT2D eigenvalue weighted by Crippen LogP contribution is -2.45. The summed E-state index contributed by atoms with van der Waals surface area (Å²) >= 11 is 0. The summed E-state index contributed by atoms with van der Waals surface area (Å²) in [6, 6.07) is 2.31. The van der Waals surface area contributed by atoms with Gasteiger partial charge in [-0.3, -0.25) is 0 Å². The number of amides is 2. The van der Waals surface area contributed by atoms with Crippen molar-refractivity contribution in [1.29, 1.82) is 0 Å². The Balaban J connectivity index is 1.94. The summed E-state index contributed by atoms with van der Waals surface area (Å²) in [5.74, 6) is -1.48. The van der Waals surface area contributed by atoms with Gasteiger partial charge >= 0.3 is 6.03 Å². The van der Waals surface area contributed by atoms with E-state index in [1.54, 1.807) is 0 Å². The number of carbonyl (C=O) groups excluding carboxylic acids is 1. The van der Waals surface area contributed by atoms with Gasteiger partial charge in [-0.2, -0.15) is 0 Å². The molecule has 1 aromatic rings. The molecule has 0 radical (unpaired) electrons. The molecule has 1 saturated carbocycles. The average Bonchev–Trinajstić information content (AvgIpc) is 2.42. The second kappa shape index (κ2) is 6.65. The second-order valence-corrected chi connectivity index (χ2v) is 5.06. The fraction of sp³-hybridized carbons (Fsp3) is 0.500. The Bertz CT molecular complexity index is 482. The van der Waals surface area contributed by atoms with E-state index < -0.39 is 17.7 Å². The molecule has 1 aliphatic carbocycles. The van der Waals surface area contributed by atoms with Crippen molar-refractivity contribution in [3.05, 3.63) is 29.8 Å². The molecule has 3 N–H and O–H groups in total. The Kier molecular flexibility index (Phi) is 4.89. The highest BCUT2D eigenvalue weighted by molar-refractivity contribution is 5.89. The normalized spacial score (nSPS) is 22.4. The highest BCUT2D eigenvalue weighted by Crippen LogP contribution is 2.24. The molecule has 1 aromatic carbocycles. The van der Waals surface area contributed by atoms with Crippen LogP contribution in [0.1, 0.15) is 25.7 Å². The third-order valence-electron chi connectivity index (χ3n) is 3.64. The lowest BCUT2D eigenvalue weighted by molar-refractivity contribution is 0.156. The number of hydrogen-bond donors (Lipinski definition) is 3. The molecule has 0 unspecified atom stereocenters. The highest BCUT2D eigenvalue weighted by atomic mass is 19.1. The molecular weight excluding hydrogens is 266 g/mol. The molecule has 2 rings (SSSR count). The van der Waals surface area contributed by atoms with Gasteiger partial charge in [-0.15, -0.1) is 0 Å². The minimum absolute atomic E-state index is 0.0237. The maximum absolute atomic E-state index is 13.4. The van der Waals surface area contributed by atoms with Gasteiger partial charge in [0, 0.05) is 24.6 Å². The third-order valence-corrected chi connectivity index (χ3v) is 3.64. The van der Waals surface area contributed by atoms with Gasteiger partial charge in [0.2, 0.25) is 0 Å². The standard InChI is InChI=1S/C14H18F2N2O2/c15-10-5-6-13(11(16)7-10)18-14(20)17-12-4-2-1-3-9(12)8-19/h5-7,9,12,19H,1-4,8H2,(H2,17,18,20)/t9-,12+/m1/s1. The van der Waals surface area contributed by atoms with Crippen LogP contribution in [0.3, 0.4) is 0 Å². The summed E-state index contributed by atoms with van der Waals surface area (Å²) in [5.41, 5.74) is -0.0692. The number of halogens is 2. The van der Waals surface area contributed by atoms with E-state index in [2.05, 4.69) is 10.6 Å². The molecule has 0 aromatic heterocycles. The first-order chi connectivity index (χ1) is 9.60. The van der Waals surface area contributed by atoms with Crippen LogP contribution in [0.25, 0.3) is 0 Å². The van der Waals surface area contributed by atoms with Gasteiger partial charge in [-0.25, -0.2) is 13.6 Å². The average molecular weight is 284 g/mol. The molecule has 6 heteroatoms. The number of carbonyl (C=O) groups is 1. The van der Waals surface area contributed by atoms with Crippen LogP contribution in [-0.2, 0) is 0 Å². The van der Waals surface area contributed by atoms with Crippen molar-refractivity contribution in [2.45, 2.75) is 31.7 Å². The van der Waals surface area contributed by atoms with Gasteiger partial charge in [0.1, 0.15) is 11.6 Å². The van der Waals surface area contributed by atoms with Gasteiger partial charge in [0.15, 0.2) is 0 Å². The van der Waals surface area contributed by atoms with E-state index in [-0.39, 0.29) is 24.3 Å². The van der Waals surface area contributed by atoms with E-state index in [9.17, 15) is 18.7 Å². The molecular formula is C14H18F2N2O2. The van der Waals surface area contributed by atoms with Crippen molar-refractivity contribution in [1.82, 2.24) is 5.32 Å². The fourth-order valence-corrected chi connectivity index (χ4v) is 2.53. The molecule has 0 saturated heterocycles. The molecule has 0 bridgehead atoms. The molecule has 0 aliphatic heterocycles. The smallest absolute Gasteiger partial charge is 0.319 e. The molecule has 1 fully saturated rings. The minimum atomic E-state index is -0.817. The number of hydrogen-bond acceptors (Lipinski definition) is 2. The molecule has 0 spiro atoms. The Morgan fingerprint density at radius 1 is 1.30 bits per heavy atom. The molecule has 2 atom stereocenters. The highest BCUT2D eigenvalue weighted by Gasteiger charge is 2.25. The molecule has 0 heterocycles. The summed E-state index contributed by atoms with van der Waals surface area (Å²) in [7, 11) is 0. The molecule has 4 nitrogen and oxygen atoms in total. The van der Waals surface area contributed by atoms with E-state index in [1.165, 1.54) is 6.07 Å². The van der Waals surface area contributed by atoms with E-state index in [0.29, 0.717) is 6.07 Å². The number of urea groups is 1. The van der Waals surface area contributed by atoms with E-state index in [1.807, 2.05) is 0 Å². The van der Waals surface area contributed by atoms with Crippen LogP contribution in [0.15, 0.2) is 18.2 Å². The van der Waals surface area contributed by atoms with Gasteiger partial charge < -0.3 is 15.7 Å². The largest absolute Gasteiger partial charge is 0.396 e. The van der Waals surface area contributed by atoms with E-state index in [0.717, 1.165) is 31.7 Å². The molecule has 110 valence electrons. The second-order valence-electron chi connectivity index (χ2n) is 5.06. The van der Waals surface area contributed by atoms with Gasteiger partial charge in [0.25, 0.3) is 0 Å². The van der Waals surface area contributed by atoms with Crippen LogP contribution >= 0.6 is 0 Å². The Hall–Kier alpha value is -1.69. The van der Waals surface area contributed by atoms with Crippen molar-refractivity contribution in [2.75, 3.05) is 11.9 Å². The maximum Gasteiger partial charge on any atom is 0.319 e. The molecule has 2 amide bonds. The van der Waals surface area contributed by atoms with Crippen LogP contribution in [0.2, 0.25) is 0 Å². The van der Waals surface area contributed by atoms with Crippen LogP contribution in [0.4, 0.5) is 19.3 Å². The fourth-order valence-electron chi connectivity index (χ4n) is 2.53. The first kappa shape index (κ1) is 14.7. The predicted molar refractivity (Wildman–Crippen MR) is 71.3 cm³/mol. The summed E-state index contributed by atoms with van der Waals surface area (Å²) in [4.78, 5) is 11.8. The Labute approximate surface area is 116 Å². The van der Waals surface area contributed by atoms with Gasteiger partial charge in [-0.1, -0.05) is 12.8 Å². The predicted octanol–water partition coefficient (Wildman–Crippen LogP) is 2.64. The SMILES string of the molecule is O=C(Nc1ccc(F)cc1F)N[C@H]1CCCC[C@@H]1CO. The zero-order valence-corrected chi connectivity index (χ0v) is 11.0. The van der Waals surface area contributed by atoms with Crippen LogP contribution in [-0.4, -0.2) is 23.8 Å². The summed E-state index contributed by atoms with van der Waals surface area (Å²) in [6.45, 7) is 0.0237. The first-order valence-electron chi connectivity index (χ1n) is 6.73. The van der Waals surface area contributed by atoms with Crippen LogP contribution < -0.4 is 10.6 Å². The van der Waals surface area contributed by atoms with Crippen LogP contribution in [0, 0.1) is 17.6 Å². The third kappa shape index (κ3) is 3.66. The number of nitrogens with one attached hydrogen (secondary N) is 2. The van der Waals surface area contributed by atoms with Gasteiger partial charge in [-0.05, 0) is 25.0 Å². The van der Waals surface area contributed by atoms with E-state index >= 15 is 0 Å². The zero-order chi connectivity index (χ0) is 14.5. The lowest BCUT2D eigenvalue weighted by Gasteiger charge is -2.30. The molecule has 20 heavy (non-hydrogen) atoms. The maximum atomic E-state index is 13.4. The van der Waals surface area contributed by atoms with Gasteiger partial charge in [0.05, 0.1) is 5.69 Å². The summed E-state index contributed by atoms with van der Waals surface area (Å²) in [5, 5.41) is 14.4. The van der Waals surface area contributed by atoms with Crippen molar-refractivity contribution < 1.29 is 18.7 Å². The number of benzene rings is 1. The van der Waals surface area contributed by atoms with E-state index in [4.69, 9.17) is 0 Å². The molecule has 1 aliphatic rings. The number of aliphatic hydroxyl groups is 1. The van der Waals surface area contributed by atoms with Crippen molar-refractivity contribution in [3.63, 3.8) is 0 Å². The quantitative estimate of drug-likeness (QED) is 0.799. The summed E-state index contributed by atoms with van der Waals surface area (Å²) in [6.07, 6.45) is 3.70. The zero-order valence-electron chi connectivity index (χ0n) is 11.0. The number of rotatable bonds is 3. The Morgan fingerprint density at radius 3 is 2.75 bits per heavy atom. The monoisotopic (exact) mass is 284 g/mol.